The van der Waals surface area contributed by atoms with Crippen LogP contribution in [0.15, 0.2) is 29.3 Å². The first kappa shape index (κ1) is 14.0. The molecule has 1 amide bonds. The maximum absolute atomic E-state index is 12.0. The van der Waals surface area contributed by atoms with Gasteiger partial charge in [-0.1, -0.05) is 17.7 Å². The summed E-state index contributed by atoms with van der Waals surface area (Å²) in [5.41, 5.74) is 0.0705. The van der Waals surface area contributed by atoms with E-state index in [1.54, 1.807) is 12.1 Å². The predicted octanol–water partition coefficient (Wildman–Crippen LogP) is 3.55. The zero-order chi connectivity index (χ0) is 14.2. The van der Waals surface area contributed by atoms with E-state index in [1.165, 1.54) is 11.0 Å². The topological polar surface area (TPSA) is 63.5 Å². The number of hydrogen-bond donors (Lipinski definition) is 0. The molecule has 100 valence electrons. The SMILES string of the molecule is C=CC1CC(=O)N(c2c(Br)cc(Cl)cc2[N+](=O)[O-])C1. The van der Waals surface area contributed by atoms with Gasteiger partial charge in [0.1, 0.15) is 5.69 Å². The fourth-order valence-electron chi connectivity index (χ4n) is 2.07. The molecule has 0 bridgehead atoms. The molecule has 1 aromatic carbocycles. The van der Waals surface area contributed by atoms with E-state index in [9.17, 15) is 14.9 Å². The van der Waals surface area contributed by atoms with Crippen molar-refractivity contribution >= 4 is 44.8 Å². The van der Waals surface area contributed by atoms with Crippen LogP contribution < -0.4 is 4.90 Å². The van der Waals surface area contributed by atoms with Crippen LogP contribution in [0.4, 0.5) is 11.4 Å². The normalized spacial score (nSPS) is 18.7. The molecule has 5 nitrogen and oxygen atoms in total. The summed E-state index contributed by atoms with van der Waals surface area (Å²) in [5.74, 6) is -0.147. The molecule has 1 aromatic rings. The average Bonchev–Trinajstić information content (AvgIpc) is 2.69. The molecule has 1 fully saturated rings. The first-order valence-corrected chi connectivity index (χ1v) is 6.67. The molecule has 1 saturated heterocycles. The van der Waals surface area contributed by atoms with Crippen molar-refractivity contribution in [2.75, 3.05) is 11.4 Å². The van der Waals surface area contributed by atoms with Crippen molar-refractivity contribution < 1.29 is 9.72 Å². The number of nitro benzene ring substituents is 1. The van der Waals surface area contributed by atoms with E-state index >= 15 is 0 Å². The molecular formula is C12H10BrClN2O3. The smallest absolute Gasteiger partial charge is 0.295 e. The Morgan fingerprint density at radius 3 is 2.79 bits per heavy atom. The van der Waals surface area contributed by atoms with E-state index < -0.39 is 4.92 Å². The lowest BCUT2D eigenvalue weighted by atomic mass is 10.1. The van der Waals surface area contributed by atoms with E-state index in [-0.39, 0.29) is 28.2 Å². The minimum atomic E-state index is -0.541. The van der Waals surface area contributed by atoms with Gasteiger partial charge in [-0.15, -0.1) is 6.58 Å². The van der Waals surface area contributed by atoms with E-state index in [0.717, 1.165) is 0 Å². The zero-order valence-electron chi connectivity index (χ0n) is 9.81. The van der Waals surface area contributed by atoms with Gasteiger partial charge in [0, 0.05) is 34.4 Å². The average molecular weight is 346 g/mol. The van der Waals surface area contributed by atoms with E-state index in [2.05, 4.69) is 22.5 Å². The number of carbonyl (C=O) groups is 1. The van der Waals surface area contributed by atoms with Gasteiger partial charge in [-0.3, -0.25) is 14.9 Å². The molecule has 0 saturated carbocycles. The third kappa shape index (κ3) is 2.64. The fourth-order valence-corrected chi connectivity index (χ4v) is 3.08. The summed E-state index contributed by atoms with van der Waals surface area (Å²) >= 11 is 9.05. The summed E-state index contributed by atoms with van der Waals surface area (Å²) in [6.45, 7) is 4.05. The molecule has 1 atom stereocenters. The van der Waals surface area contributed by atoms with Crippen molar-refractivity contribution in [2.45, 2.75) is 6.42 Å². The Bertz CT molecular complexity index is 576. The number of carbonyl (C=O) groups excluding carboxylic acids is 1. The quantitative estimate of drug-likeness (QED) is 0.478. The monoisotopic (exact) mass is 344 g/mol. The first-order chi connectivity index (χ1) is 8.93. The van der Waals surface area contributed by atoms with E-state index in [0.29, 0.717) is 17.4 Å². The minimum Gasteiger partial charge on any atom is -0.305 e. The summed E-state index contributed by atoms with van der Waals surface area (Å²) < 4.78 is 0.435. The molecule has 19 heavy (non-hydrogen) atoms. The Hall–Kier alpha value is -1.40. The van der Waals surface area contributed by atoms with Gasteiger partial charge in [-0.05, 0) is 22.0 Å². The summed E-state index contributed by atoms with van der Waals surface area (Å²) in [5, 5.41) is 11.4. The Morgan fingerprint density at radius 1 is 1.58 bits per heavy atom. The molecular weight excluding hydrogens is 336 g/mol. The van der Waals surface area contributed by atoms with Crippen molar-refractivity contribution in [3.8, 4) is 0 Å². The second-order valence-corrected chi connectivity index (χ2v) is 5.51. The highest BCUT2D eigenvalue weighted by Crippen LogP contribution is 2.41. The Labute approximate surface area is 123 Å². The lowest BCUT2D eigenvalue weighted by molar-refractivity contribution is -0.384. The molecule has 1 aliphatic heterocycles. The molecule has 0 N–H and O–H groups in total. The van der Waals surface area contributed by atoms with Gasteiger partial charge in [-0.2, -0.15) is 0 Å². The Morgan fingerprint density at radius 2 is 2.26 bits per heavy atom. The largest absolute Gasteiger partial charge is 0.305 e. The maximum Gasteiger partial charge on any atom is 0.295 e. The highest BCUT2D eigenvalue weighted by Gasteiger charge is 2.34. The summed E-state index contributed by atoms with van der Waals surface area (Å²) in [6.07, 6.45) is 2.00. The minimum absolute atomic E-state index is 0.00896. The van der Waals surface area contributed by atoms with Crippen LogP contribution in [0.1, 0.15) is 6.42 Å². The van der Waals surface area contributed by atoms with Gasteiger partial charge >= 0.3 is 0 Å². The molecule has 1 heterocycles. The number of rotatable bonds is 3. The third-order valence-corrected chi connectivity index (χ3v) is 3.79. The van der Waals surface area contributed by atoms with Crippen LogP contribution in [-0.2, 0) is 4.79 Å². The molecule has 0 aliphatic carbocycles. The zero-order valence-corrected chi connectivity index (χ0v) is 12.1. The highest BCUT2D eigenvalue weighted by molar-refractivity contribution is 9.10. The van der Waals surface area contributed by atoms with E-state index in [4.69, 9.17) is 11.6 Å². The van der Waals surface area contributed by atoms with E-state index in [1.807, 2.05) is 0 Å². The van der Waals surface area contributed by atoms with Crippen molar-refractivity contribution in [1.29, 1.82) is 0 Å². The summed E-state index contributed by atoms with van der Waals surface area (Å²) in [4.78, 5) is 23.9. The molecule has 1 aliphatic rings. The molecule has 7 heteroatoms. The van der Waals surface area contributed by atoms with Crippen molar-refractivity contribution in [3.05, 3.63) is 44.4 Å². The number of hydrogen-bond acceptors (Lipinski definition) is 3. The van der Waals surface area contributed by atoms with Gasteiger partial charge in [0.2, 0.25) is 5.91 Å². The summed E-state index contributed by atoms with van der Waals surface area (Å²) in [6, 6.07) is 2.79. The molecule has 0 aromatic heterocycles. The van der Waals surface area contributed by atoms with Crippen molar-refractivity contribution in [2.24, 2.45) is 5.92 Å². The third-order valence-electron chi connectivity index (χ3n) is 2.96. The number of amides is 1. The van der Waals surface area contributed by atoms with Crippen LogP contribution in [-0.4, -0.2) is 17.4 Å². The van der Waals surface area contributed by atoms with Crippen LogP contribution in [0, 0.1) is 16.0 Å². The van der Waals surface area contributed by atoms with Crippen LogP contribution in [0.2, 0.25) is 5.02 Å². The van der Waals surface area contributed by atoms with Gasteiger partial charge in [0.15, 0.2) is 0 Å². The Balaban J connectivity index is 2.53. The molecule has 2 rings (SSSR count). The molecule has 1 unspecified atom stereocenters. The standard InChI is InChI=1S/C12H10BrClN2O3/c1-2-7-3-11(17)15(6-7)12-9(13)4-8(14)5-10(12)16(18)19/h2,4-5,7H,1,3,6H2. The number of halogens is 2. The van der Waals surface area contributed by atoms with Crippen molar-refractivity contribution in [3.63, 3.8) is 0 Å². The predicted molar refractivity (Wildman–Crippen MR) is 76.5 cm³/mol. The first-order valence-electron chi connectivity index (χ1n) is 5.50. The lowest BCUT2D eigenvalue weighted by Gasteiger charge is -2.18. The van der Waals surface area contributed by atoms with Crippen molar-refractivity contribution in [1.82, 2.24) is 0 Å². The van der Waals surface area contributed by atoms with Gasteiger partial charge in [-0.25, -0.2) is 0 Å². The van der Waals surface area contributed by atoms with Gasteiger partial charge in [0.25, 0.3) is 5.69 Å². The number of nitro groups is 1. The number of benzene rings is 1. The summed E-state index contributed by atoms with van der Waals surface area (Å²) in [7, 11) is 0. The Kier molecular flexibility index (Phi) is 3.91. The lowest BCUT2D eigenvalue weighted by Crippen LogP contribution is -2.25. The number of anilines is 1. The van der Waals surface area contributed by atoms with Crippen LogP contribution in [0.25, 0.3) is 0 Å². The van der Waals surface area contributed by atoms with Crippen LogP contribution in [0.3, 0.4) is 0 Å². The second-order valence-electron chi connectivity index (χ2n) is 4.22. The fraction of sp³-hybridized carbons (Fsp3) is 0.250. The molecule has 0 spiro atoms. The van der Waals surface area contributed by atoms with Crippen LogP contribution in [0.5, 0.6) is 0 Å². The van der Waals surface area contributed by atoms with Crippen LogP contribution >= 0.6 is 27.5 Å². The second kappa shape index (κ2) is 5.30. The molecule has 0 radical (unpaired) electrons. The van der Waals surface area contributed by atoms with Gasteiger partial charge < -0.3 is 4.90 Å². The number of nitrogens with zero attached hydrogens (tertiary/aromatic N) is 2. The van der Waals surface area contributed by atoms with Gasteiger partial charge in [0.05, 0.1) is 4.92 Å². The maximum atomic E-state index is 12.0. The highest BCUT2D eigenvalue weighted by atomic mass is 79.9.